The summed E-state index contributed by atoms with van der Waals surface area (Å²) < 4.78 is 0. The molecule has 0 radical (unpaired) electrons. The van der Waals surface area contributed by atoms with E-state index < -0.39 is 0 Å². The molecule has 0 saturated heterocycles. The van der Waals surface area contributed by atoms with Crippen LogP contribution in [0, 0.1) is 0 Å². The van der Waals surface area contributed by atoms with Crippen LogP contribution >= 0.6 is 0 Å². The summed E-state index contributed by atoms with van der Waals surface area (Å²) in [4.78, 5) is 0. The minimum absolute atomic E-state index is 0.602. The second kappa shape index (κ2) is 2.45. The number of nitrogens with two attached hydrogens (primary N) is 2. The molecule has 0 unspecified atom stereocenters. The molecule has 0 saturated carbocycles. The van der Waals surface area contributed by atoms with Crippen LogP contribution in [0.4, 0.5) is 0 Å². The Kier molecular flexibility index (Phi) is 2.19. The molecule has 0 aromatic heterocycles. The van der Waals surface area contributed by atoms with Gasteiger partial charge >= 0.3 is 0 Å². The highest BCUT2D eigenvalue weighted by atomic mass is 14.7. The Balaban J connectivity index is 4.23. The van der Waals surface area contributed by atoms with E-state index in [0.29, 0.717) is 11.3 Å². The van der Waals surface area contributed by atoms with Crippen molar-refractivity contribution in [2.75, 3.05) is 0 Å². The Bertz CT molecular complexity index is 133. The molecule has 0 amide bonds. The van der Waals surface area contributed by atoms with Crippen molar-refractivity contribution >= 4 is 7.85 Å². The molecular weight excluding hydrogens is 98.9 g/mol. The van der Waals surface area contributed by atoms with Crippen molar-refractivity contribution in [2.45, 2.75) is 6.92 Å². The summed E-state index contributed by atoms with van der Waals surface area (Å²) in [5.74, 6) is 0. The maximum Gasteiger partial charge on any atom is 0.162 e. The molecule has 2 nitrogen and oxygen atoms in total. The molecule has 0 heterocycles. The van der Waals surface area contributed by atoms with Gasteiger partial charge in [-0.25, -0.2) is 0 Å². The average Bonchev–Trinajstić information content (AvgIpc) is 1.64. The van der Waals surface area contributed by atoms with Crippen molar-refractivity contribution in [3.8, 4) is 0 Å². The molecule has 3 heteroatoms. The van der Waals surface area contributed by atoms with Crippen molar-refractivity contribution in [2.24, 2.45) is 11.5 Å². The third-order valence-corrected chi connectivity index (χ3v) is 0.885. The molecule has 0 spiro atoms. The second-order valence-electron chi connectivity index (χ2n) is 1.88. The molecule has 0 aliphatic rings. The van der Waals surface area contributed by atoms with Crippen LogP contribution in [0.25, 0.3) is 0 Å². The first-order valence-corrected chi connectivity index (χ1v) is 2.43. The van der Waals surface area contributed by atoms with E-state index in [1.165, 1.54) is 0 Å². The molecule has 44 valence electrons. The predicted octanol–water partition coefficient (Wildman–Crippen LogP) is -0.718. The van der Waals surface area contributed by atoms with E-state index in [-0.39, 0.29) is 0 Å². The number of hydrogen-bond donors (Lipinski definition) is 2. The van der Waals surface area contributed by atoms with Gasteiger partial charge in [0, 0.05) is 5.70 Å². The highest BCUT2D eigenvalue weighted by Crippen LogP contribution is 1.97. The van der Waals surface area contributed by atoms with Gasteiger partial charge in [0.1, 0.15) is 0 Å². The summed E-state index contributed by atoms with van der Waals surface area (Å²) in [6.07, 6.45) is 0. The van der Waals surface area contributed by atoms with E-state index in [2.05, 4.69) is 6.58 Å². The SMILES string of the molecule is B/C(N)=C(\N)C(=C)C. The molecular formula is C5H11BN2. The molecule has 8 heavy (non-hydrogen) atoms. The normalized spacial score (nSPS) is 12.6. The van der Waals surface area contributed by atoms with Crippen LogP contribution in [0.3, 0.4) is 0 Å². The van der Waals surface area contributed by atoms with Crippen molar-refractivity contribution in [1.29, 1.82) is 0 Å². The molecule has 0 aliphatic carbocycles. The van der Waals surface area contributed by atoms with Gasteiger partial charge in [0.2, 0.25) is 0 Å². The van der Waals surface area contributed by atoms with Crippen molar-refractivity contribution in [3.05, 3.63) is 23.4 Å². The maximum absolute atomic E-state index is 5.41. The van der Waals surface area contributed by atoms with E-state index in [1.807, 2.05) is 6.92 Å². The maximum atomic E-state index is 5.41. The van der Waals surface area contributed by atoms with E-state index in [1.54, 1.807) is 7.85 Å². The van der Waals surface area contributed by atoms with Gasteiger partial charge in [-0.2, -0.15) is 0 Å². The summed E-state index contributed by atoms with van der Waals surface area (Å²) in [5, 5.41) is 0. The van der Waals surface area contributed by atoms with Crippen LogP contribution in [-0.4, -0.2) is 7.85 Å². The Morgan fingerprint density at radius 2 is 1.88 bits per heavy atom. The van der Waals surface area contributed by atoms with Crippen LogP contribution in [0.1, 0.15) is 6.92 Å². The third kappa shape index (κ3) is 1.73. The fraction of sp³-hybridized carbons (Fsp3) is 0.200. The Morgan fingerprint density at radius 1 is 1.50 bits per heavy atom. The van der Waals surface area contributed by atoms with Crippen molar-refractivity contribution in [1.82, 2.24) is 0 Å². The van der Waals surface area contributed by atoms with Crippen LogP contribution in [0.5, 0.6) is 0 Å². The Labute approximate surface area is 50.7 Å². The minimum atomic E-state index is 0.602. The fourth-order valence-corrected chi connectivity index (χ4v) is 0.337. The smallest absolute Gasteiger partial charge is 0.162 e. The standard InChI is InChI=1S/C5H11BN2/c1-3(2)4(7)5(6)8/h1,6-8H2,2H3/b5-4+. The molecule has 4 N–H and O–H groups in total. The van der Waals surface area contributed by atoms with Crippen molar-refractivity contribution in [3.63, 3.8) is 0 Å². The molecule has 0 bridgehead atoms. The van der Waals surface area contributed by atoms with Crippen LogP contribution in [0.2, 0.25) is 0 Å². The minimum Gasteiger partial charge on any atom is -0.408 e. The van der Waals surface area contributed by atoms with Gasteiger partial charge in [-0.05, 0) is 18.1 Å². The monoisotopic (exact) mass is 110 g/mol. The lowest BCUT2D eigenvalue weighted by Gasteiger charge is -1.99. The molecule has 0 aromatic carbocycles. The first kappa shape index (κ1) is 7.14. The van der Waals surface area contributed by atoms with E-state index >= 15 is 0 Å². The topological polar surface area (TPSA) is 52.0 Å². The third-order valence-electron chi connectivity index (χ3n) is 0.885. The number of allylic oxidation sites excluding steroid dienone is 1. The summed E-state index contributed by atoms with van der Waals surface area (Å²) in [7, 11) is 1.75. The fourth-order valence-electron chi connectivity index (χ4n) is 0.337. The number of rotatable bonds is 1. The van der Waals surface area contributed by atoms with Gasteiger partial charge in [-0.3, -0.25) is 0 Å². The van der Waals surface area contributed by atoms with Gasteiger partial charge in [0.05, 0.1) is 0 Å². The predicted molar refractivity (Wildman–Crippen MR) is 38.8 cm³/mol. The number of hydrogen-bond acceptors (Lipinski definition) is 2. The Hall–Kier alpha value is -0.855. The summed E-state index contributed by atoms with van der Waals surface area (Å²) in [6.45, 7) is 5.44. The Morgan fingerprint density at radius 3 is 1.88 bits per heavy atom. The van der Waals surface area contributed by atoms with Crippen molar-refractivity contribution < 1.29 is 0 Å². The molecule has 0 fully saturated rings. The highest BCUT2D eigenvalue weighted by molar-refractivity contribution is 6.21. The van der Waals surface area contributed by atoms with Gasteiger partial charge < -0.3 is 11.5 Å². The van der Waals surface area contributed by atoms with Gasteiger partial charge in [-0.1, -0.05) is 6.58 Å². The molecule has 0 atom stereocenters. The molecule has 0 aliphatic heterocycles. The first-order valence-electron chi connectivity index (χ1n) is 2.43. The van der Waals surface area contributed by atoms with Gasteiger partial charge in [0.15, 0.2) is 7.85 Å². The quantitative estimate of drug-likeness (QED) is 0.345. The zero-order valence-corrected chi connectivity index (χ0v) is 5.36. The van der Waals surface area contributed by atoms with E-state index in [4.69, 9.17) is 11.5 Å². The average molecular weight is 110 g/mol. The zero-order valence-electron chi connectivity index (χ0n) is 5.36. The molecule has 0 rings (SSSR count). The second-order valence-corrected chi connectivity index (χ2v) is 1.88. The van der Waals surface area contributed by atoms with Crippen LogP contribution in [0.15, 0.2) is 23.4 Å². The summed E-state index contributed by atoms with van der Waals surface area (Å²) in [5.41, 5.74) is 12.8. The van der Waals surface area contributed by atoms with Crippen LogP contribution < -0.4 is 11.5 Å². The van der Waals surface area contributed by atoms with Gasteiger partial charge in [0.25, 0.3) is 0 Å². The lowest BCUT2D eigenvalue weighted by Crippen LogP contribution is -2.09. The van der Waals surface area contributed by atoms with E-state index in [9.17, 15) is 0 Å². The summed E-state index contributed by atoms with van der Waals surface area (Å²) >= 11 is 0. The highest BCUT2D eigenvalue weighted by Gasteiger charge is 1.90. The lowest BCUT2D eigenvalue weighted by molar-refractivity contribution is 1.25. The van der Waals surface area contributed by atoms with Gasteiger partial charge in [-0.15, -0.1) is 0 Å². The van der Waals surface area contributed by atoms with Crippen LogP contribution in [-0.2, 0) is 0 Å². The zero-order chi connectivity index (χ0) is 6.73. The first-order chi connectivity index (χ1) is 3.55. The molecule has 0 aromatic rings. The lowest BCUT2D eigenvalue weighted by atomic mass is 10.0. The van der Waals surface area contributed by atoms with E-state index in [0.717, 1.165) is 5.57 Å². The largest absolute Gasteiger partial charge is 0.408 e. The summed E-state index contributed by atoms with van der Waals surface area (Å²) in [6, 6.07) is 0.